The van der Waals surface area contributed by atoms with Crippen LogP contribution in [0.4, 0.5) is 0 Å². The Morgan fingerprint density at radius 3 is 2.71 bits per heavy atom. The molecule has 0 aliphatic rings. The van der Waals surface area contributed by atoms with Crippen molar-refractivity contribution in [2.75, 3.05) is 0 Å². The highest BCUT2D eigenvalue weighted by molar-refractivity contribution is 7.12. The van der Waals surface area contributed by atoms with E-state index in [1.54, 1.807) is 28.9 Å². The van der Waals surface area contributed by atoms with Crippen LogP contribution in [-0.4, -0.2) is 10.1 Å². The lowest BCUT2D eigenvalue weighted by Gasteiger charge is -2.06. The third-order valence-electron chi connectivity index (χ3n) is 2.06. The molecular weight excluding hydrogens is 214 g/mol. The summed E-state index contributed by atoms with van der Waals surface area (Å²) in [5.41, 5.74) is 1.15. The van der Waals surface area contributed by atoms with Crippen LogP contribution in [0.1, 0.15) is 26.4 Å². The van der Waals surface area contributed by atoms with E-state index in [1.807, 2.05) is 25.3 Å². The molecule has 0 saturated heterocycles. The minimum atomic E-state index is -0.499. The molecule has 0 aliphatic carbocycles. The highest BCUT2D eigenvalue weighted by Crippen LogP contribution is 2.31. The van der Waals surface area contributed by atoms with Crippen molar-refractivity contribution in [1.29, 1.82) is 0 Å². The first-order chi connectivity index (χ1) is 6.68. The van der Waals surface area contributed by atoms with Gasteiger partial charge < -0.3 is 5.11 Å². The van der Waals surface area contributed by atoms with Gasteiger partial charge in [-0.2, -0.15) is 0 Å². The Kier molecular flexibility index (Phi) is 2.67. The molecule has 74 valence electrons. The number of aliphatic hydroxyl groups is 1. The first-order valence-corrected chi connectivity index (χ1v) is 6.02. The van der Waals surface area contributed by atoms with Crippen LogP contribution < -0.4 is 0 Å². The minimum absolute atomic E-state index is 0.499. The maximum Gasteiger partial charge on any atom is 0.124 e. The summed E-state index contributed by atoms with van der Waals surface area (Å²) >= 11 is 3.14. The second-order valence-electron chi connectivity index (χ2n) is 3.15. The molecule has 2 aromatic rings. The Morgan fingerprint density at radius 2 is 2.21 bits per heavy atom. The Morgan fingerprint density at radius 1 is 1.43 bits per heavy atom. The van der Waals surface area contributed by atoms with Gasteiger partial charge in [-0.25, -0.2) is 4.98 Å². The number of hydrogen-bond acceptors (Lipinski definition) is 4. The second kappa shape index (κ2) is 3.81. The number of hydrogen-bond donors (Lipinski definition) is 1. The van der Waals surface area contributed by atoms with Gasteiger partial charge in [0.05, 0.1) is 9.88 Å². The summed E-state index contributed by atoms with van der Waals surface area (Å²) < 4.78 is 0. The molecule has 2 heterocycles. The minimum Gasteiger partial charge on any atom is -0.382 e. The standard InChI is InChI=1S/C10H11NOS2/c1-6-3-4-13-10(6)9(12)8-5-11-7(2)14-8/h3-5,9,12H,1-2H3. The Hall–Kier alpha value is -0.710. The number of thiazole rings is 1. The van der Waals surface area contributed by atoms with Crippen LogP contribution in [0.5, 0.6) is 0 Å². The van der Waals surface area contributed by atoms with Gasteiger partial charge in [0, 0.05) is 11.1 Å². The molecule has 1 atom stereocenters. The van der Waals surface area contributed by atoms with Crippen LogP contribution in [-0.2, 0) is 0 Å². The molecule has 0 spiro atoms. The van der Waals surface area contributed by atoms with Crippen LogP contribution in [0.2, 0.25) is 0 Å². The third-order valence-corrected chi connectivity index (χ3v) is 4.10. The molecule has 0 aromatic carbocycles. The molecule has 0 aliphatic heterocycles. The van der Waals surface area contributed by atoms with Gasteiger partial charge in [-0.3, -0.25) is 0 Å². The smallest absolute Gasteiger partial charge is 0.124 e. The molecule has 0 saturated carbocycles. The maximum atomic E-state index is 10.1. The molecular formula is C10H11NOS2. The van der Waals surface area contributed by atoms with Crippen LogP contribution in [0.15, 0.2) is 17.6 Å². The largest absolute Gasteiger partial charge is 0.382 e. The molecule has 1 N–H and O–H groups in total. The summed E-state index contributed by atoms with van der Waals surface area (Å²) in [6.07, 6.45) is 1.25. The molecule has 2 nitrogen and oxygen atoms in total. The van der Waals surface area contributed by atoms with Gasteiger partial charge in [0.15, 0.2) is 0 Å². The summed E-state index contributed by atoms with van der Waals surface area (Å²) in [5.74, 6) is 0. The molecule has 2 rings (SSSR count). The fourth-order valence-electron chi connectivity index (χ4n) is 1.30. The Labute approximate surface area is 90.9 Å². The number of thiophene rings is 1. The zero-order valence-electron chi connectivity index (χ0n) is 8.02. The van der Waals surface area contributed by atoms with E-state index in [0.29, 0.717) is 0 Å². The molecule has 4 heteroatoms. The molecule has 0 fully saturated rings. The monoisotopic (exact) mass is 225 g/mol. The average molecular weight is 225 g/mol. The van der Waals surface area contributed by atoms with E-state index < -0.39 is 6.10 Å². The lowest BCUT2D eigenvalue weighted by molar-refractivity contribution is 0.227. The van der Waals surface area contributed by atoms with Gasteiger partial charge in [-0.15, -0.1) is 22.7 Å². The summed E-state index contributed by atoms with van der Waals surface area (Å²) in [7, 11) is 0. The average Bonchev–Trinajstić information content (AvgIpc) is 2.73. The molecule has 2 aromatic heterocycles. The number of aliphatic hydroxyl groups excluding tert-OH is 1. The van der Waals surface area contributed by atoms with Gasteiger partial charge in [-0.1, -0.05) is 0 Å². The number of nitrogens with zero attached hydrogens (tertiary/aromatic N) is 1. The van der Waals surface area contributed by atoms with Gasteiger partial charge in [0.1, 0.15) is 6.10 Å². The molecule has 0 radical (unpaired) electrons. The van der Waals surface area contributed by atoms with E-state index in [9.17, 15) is 5.11 Å². The first-order valence-electron chi connectivity index (χ1n) is 4.33. The highest BCUT2D eigenvalue weighted by atomic mass is 32.1. The maximum absolute atomic E-state index is 10.1. The van der Waals surface area contributed by atoms with Crippen molar-refractivity contribution in [2.45, 2.75) is 20.0 Å². The van der Waals surface area contributed by atoms with E-state index in [4.69, 9.17) is 0 Å². The lowest BCUT2D eigenvalue weighted by Crippen LogP contribution is -1.95. The predicted molar refractivity (Wildman–Crippen MR) is 60.0 cm³/mol. The molecule has 1 unspecified atom stereocenters. The number of aromatic nitrogens is 1. The van der Waals surface area contributed by atoms with Crippen molar-refractivity contribution in [3.05, 3.63) is 38.0 Å². The van der Waals surface area contributed by atoms with Crippen molar-refractivity contribution < 1.29 is 5.11 Å². The number of aryl methyl sites for hydroxylation is 2. The summed E-state index contributed by atoms with van der Waals surface area (Å²) in [4.78, 5) is 6.09. The fraction of sp³-hybridized carbons (Fsp3) is 0.300. The first kappa shape index (κ1) is 9.83. The van der Waals surface area contributed by atoms with Crippen molar-refractivity contribution in [3.8, 4) is 0 Å². The zero-order chi connectivity index (χ0) is 10.1. The predicted octanol–water partition coefficient (Wildman–Crippen LogP) is 2.90. The van der Waals surface area contributed by atoms with Gasteiger partial charge in [-0.05, 0) is 30.9 Å². The Bertz CT molecular complexity index is 433. The number of rotatable bonds is 2. The van der Waals surface area contributed by atoms with Crippen LogP contribution in [0.25, 0.3) is 0 Å². The van der Waals surface area contributed by atoms with Crippen LogP contribution in [0, 0.1) is 13.8 Å². The summed E-state index contributed by atoms with van der Waals surface area (Å²) in [6.45, 7) is 3.96. The highest BCUT2D eigenvalue weighted by Gasteiger charge is 2.16. The van der Waals surface area contributed by atoms with E-state index in [1.165, 1.54) is 0 Å². The topological polar surface area (TPSA) is 33.1 Å². The van der Waals surface area contributed by atoms with Crippen molar-refractivity contribution >= 4 is 22.7 Å². The van der Waals surface area contributed by atoms with E-state index in [0.717, 1.165) is 20.3 Å². The van der Waals surface area contributed by atoms with Crippen molar-refractivity contribution in [2.24, 2.45) is 0 Å². The molecule has 14 heavy (non-hydrogen) atoms. The molecule has 0 bridgehead atoms. The van der Waals surface area contributed by atoms with Crippen molar-refractivity contribution in [3.63, 3.8) is 0 Å². The molecule has 0 amide bonds. The zero-order valence-corrected chi connectivity index (χ0v) is 9.65. The van der Waals surface area contributed by atoms with Crippen LogP contribution in [0.3, 0.4) is 0 Å². The quantitative estimate of drug-likeness (QED) is 0.852. The van der Waals surface area contributed by atoms with Gasteiger partial charge in [0.2, 0.25) is 0 Å². The fourth-order valence-corrected chi connectivity index (χ4v) is 3.08. The normalized spacial score (nSPS) is 13.1. The van der Waals surface area contributed by atoms with E-state index in [2.05, 4.69) is 4.98 Å². The second-order valence-corrected chi connectivity index (χ2v) is 5.37. The van der Waals surface area contributed by atoms with Crippen molar-refractivity contribution in [1.82, 2.24) is 4.98 Å². The summed E-state index contributed by atoms with van der Waals surface area (Å²) in [6, 6.07) is 2.02. The van der Waals surface area contributed by atoms with Crippen LogP contribution >= 0.6 is 22.7 Å². The van der Waals surface area contributed by atoms with Gasteiger partial charge in [0.25, 0.3) is 0 Å². The van der Waals surface area contributed by atoms with E-state index in [-0.39, 0.29) is 0 Å². The summed E-state index contributed by atoms with van der Waals surface area (Å²) in [5, 5.41) is 13.1. The SMILES string of the molecule is Cc1ncc(C(O)c2sccc2C)s1. The van der Waals surface area contributed by atoms with Gasteiger partial charge >= 0.3 is 0 Å². The third kappa shape index (κ3) is 1.73. The van der Waals surface area contributed by atoms with E-state index >= 15 is 0 Å². The Balaban J connectivity index is 2.33. The lowest BCUT2D eigenvalue weighted by atomic mass is 10.2.